The number of hydrogen-bond acceptors (Lipinski definition) is 3. The molecular weight excluding hydrogens is 238 g/mol. The van der Waals surface area contributed by atoms with Gasteiger partial charge in [-0.05, 0) is 43.4 Å². The molecule has 1 aliphatic heterocycles. The predicted octanol–water partition coefficient (Wildman–Crippen LogP) is 2.39. The highest BCUT2D eigenvalue weighted by molar-refractivity contribution is 5.27. The van der Waals surface area contributed by atoms with Crippen molar-refractivity contribution in [1.29, 1.82) is 0 Å². The second kappa shape index (κ2) is 5.93. The summed E-state index contributed by atoms with van der Waals surface area (Å²) in [4.78, 5) is 0. The topological polar surface area (TPSA) is 30.5 Å². The average Bonchev–Trinajstić information content (AvgIpc) is 3.26. The molecule has 19 heavy (non-hydrogen) atoms. The van der Waals surface area contributed by atoms with E-state index in [1.807, 2.05) is 12.1 Å². The Hall–Kier alpha value is -1.06. The average molecular weight is 261 g/mol. The maximum absolute atomic E-state index is 5.67. The summed E-state index contributed by atoms with van der Waals surface area (Å²) < 4.78 is 10.9. The highest BCUT2D eigenvalue weighted by atomic mass is 16.5. The van der Waals surface area contributed by atoms with Crippen LogP contribution in [0.5, 0.6) is 5.75 Å². The van der Waals surface area contributed by atoms with E-state index in [4.69, 9.17) is 9.47 Å². The molecule has 1 aliphatic carbocycles. The summed E-state index contributed by atoms with van der Waals surface area (Å²) in [7, 11) is 1.71. The largest absolute Gasteiger partial charge is 0.497 e. The standard InChI is InChI=1S/C16H23NO2/c1-18-15-6-2-12(3-7-15)10-13-11-19-9-8-16(13)17-14-4-5-14/h2-3,6-7,13-14,16-17H,4-5,8-11H2,1H3/t13-,16-/m1/s1. The maximum Gasteiger partial charge on any atom is 0.118 e. The fourth-order valence-corrected chi connectivity index (χ4v) is 2.83. The molecule has 1 aromatic rings. The van der Waals surface area contributed by atoms with Gasteiger partial charge in [0, 0.05) is 24.6 Å². The lowest BCUT2D eigenvalue weighted by molar-refractivity contribution is 0.0316. The van der Waals surface area contributed by atoms with Crippen molar-refractivity contribution in [3.8, 4) is 5.75 Å². The van der Waals surface area contributed by atoms with Gasteiger partial charge in [0.25, 0.3) is 0 Å². The molecule has 0 bridgehead atoms. The summed E-state index contributed by atoms with van der Waals surface area (Å²) in [5.74, 6) is 1.53. The minimum atomic E-state index is 0.600. The van der Waals surface area contributed by atoms with Crippen LogP contribution in [0.15, 0.2) is 24.3 Å². The zero-order chi connectivity index (χ0) is 13.1. The van der Waals surface area contributed by atoms with Gasteiger partial charge in [0.1, 0.15) is 5.75 Å². The van der Waals surface area contributed by atoms with Crippen molar-refractivity contribution in [2.24, 2.45) is 5.92 Å². The van der Waals surface area contributed by atoms with Crippen molar-refractivity contribution in [1.82, 2.24) is 5.32 Å². The molecule has 1 N–H and O–H groups in total. The first-order valence-corrected chi connectivity index (χ1v) is 7.32. The van der Waals surface area contributed by atoms with Crippen LogP contribution in [-0.4, -0.2) is 32.4 Å². The molecule has 104 valence electrons. The van der Waals surface area contributed by atoms with E-state index in [9.17, 15) is 0 Å². The summed E-state index contributed by atoms with van der Waals surface area (Å²) >= 11 is 0. The van der Waals surface area contributed by atoms with E-state index in [2.05, 4.69) is 17.4 Å². The lowest BCUT2D eigenvalue weighted by atomic mass is 9.89. The highest BCUT2D eigenvalue weighted by Crippen LogP contribution is 2.26. The first-order chi connectivity index (χ1) is 9.35. The van der Waals surface area contributed by atoms with E-state index < -0.39 is 0 Å². The first kappa shape index (κ1) is 12.9. The molecule has 2 fully saturated rings. The van der Waals surface area contributed by atoms with Gasteiger partial charge in [-0.2, -0.15) is 0 Å². The summed E-state index contributed by atoms with van der Waals surface area (Å²) in [6.45, 7) is 1.79. The van der Waals surface area contributed by atoms with Crippen LogP contribution < -0.4 is 10.1 Å². The summed E-state index contributed by atoms with van der Waals surface area (Å²) in [6.07, 6.45) is 4.95. The molecule has 0 aromatic heterocycles. The normalized spacial score (nSPS) is 27.2. The quantitative estimate of drug-likeness (QED) is 0.883. The Bertz CT molecular complexity index is 400. The Morgan fingerprint density at radius 1 is 1.21 bits per heavy atom. The summed E-state index contributed by atoms with van der Waals surface area (Å²) in [5.41, 5.74) is 1.37. The fourth-order valence-electron chi connectivity index (χ4n) is 2.83. The van der Waals surface area contributed by atoms with E-state index in [1.165, 1.54) is 18.4 Å². The van der Waals surface area contributed by atoms with Crippen LogP contribution in [0.4, 0.5) is 0 Å². The molecule has 2 aliphatic rings. The zero-order valence-electron chi connectivity index (χ0n) is 11.6. The minimum absolute atomic E-state index is 0.600. The summed E-state index contributed by atoms with van der Waals surface area (Å²) in [5, 5.41) is 3.78. The van der Waals surface area contributed by atoms with E-state index in [0.717, 1.165) is 37.8 Å². The second-order valence-corrected chi connectivity index (χ2v) is 5.72. The molecule has 3 rings (SSSR count). The molecule has 1 saturated heterocycles. The zero-order valence-corrected chi connectivity index (χ0v) is 11.6. The fraction of sp³-hybridized carbons (Fsp3) is 0.625. The lowest BCUT2D eigenvalue weighted by Crippen LogP contribution is -2.44. The highest BCUT2D eigenvalue weighted by Gasteiger charge is 2.31. The maximum atomic E-state index is 5.67. The molecule has 3 nitrogen and oxygen atoms in total. The Morgan fingerprint density at radius 2 is 2.00 bits per heavy atom. The first-order valence-electron chi connectivity index (χ1n) is 7.32. The SMILES string of the molecule is COc1ccc(C[C@@H]2COCC[C@H]2NC2CC2)cc1. The molecular formula is C16H23NO2. The number of ether oxygens (including phenoxy) is 2. The Morgan fingerprint density at radius 3 is 2.68 bits per heavy atom. The molecule has 1 saturated carbocycles. The Balaban J connectivity index is 1.61. The van der Waals surface area contributed by atoms with Crippen molar-refractivity contribution in [2.75, 3.05) is 20.3 Å². The van der Waals surface area contributed by atoms with Crippen LogP contribution in [0, 0.1) is 5.92 Å². The van der Waals surface area contributed by atoms with Crippen LogP contribution in [0.2, 0.25) is 0 Å². The van der Waals surface area contributed by atoms with Crippen molar-refractivity contribution >= 4 is 0 Å². The number of rotatable bonds is 5. The van der Waals surface area contributed by atoms with Crippen molar-refractivity contribution in [3.63, 3.8) is 0 Å². The van der Waals surface area contributed by atoms with Crippen LogP contribution in [0.1, 0.15) is 24.8 Å². The van der Waals surface area contributed by atoms with Crippen molar-refractivity contribution in [2.45, 2.75) is 37.8 Å². The van der Waals surface area contributed by atoms with Crippen LogP contribution in [-0.2, 0) is 11.2 Å². The summed E-state index contributed by atoms with van der Waals surface area (Å²) in [6, 6.07) is 9.83. The Kier molecular flexibility index (Phi) is 4.04. The van der Waals surface area contributed by atoms with Gasteiger partial charge < -0.3 is 14.8 Å². The van der Waals surface area contributed by atoms with Gasteiger partial charge in [-0.3, -0.25) is 0 Å². The van der Waals surface area contributed by atoms with E-state index in [0.29, 0.717) is 12.0 Å². The number of nitrogens with one attached hydrogen (secondary N) is 1. The van der Waals surface area contributed by atoms with Crippen LogP contribution in [0.3, 0.4) is 0 Å². The van der Waals surface area contributed by atoms with Gasteiger partial charge in [-0.25, -0.2) is 0 Å². The molecule has 2 atom stereocenters. The monoisotopic (exact) mass is 261 g/mol. The van der Waals surface area contributed by atoms with E-state index in [1.54, 1.807) is 7.11 Å². The Labute approximate surface area is 115 Å². The van der Waals surface area contributed by atoms with Crippen molar-refractivity contribution < 1.29 is 9.47 Å². The minimum Gasteiger partial charge on any atom is -0.497 e. The molecule has 1 aromatic carbocycles. The molecule has 0 spiro atoms. The van der Waals surface area contributed by atoms with Gasteiger partial charge >= 0.3 is 0 Å². The van der Waals surface area contributed by atoms with Crippen molar-refractivity contribution in [3.05, 3.63) is 29.8 Å². The third-order valence-electron chi connectivity index (χ3n) is 4.16. The van der Waals surface area contributed by atoms with Gasteiger partial charge in [0.05, 0.1) is 13.7 Å². The van der Waals surface area contributed by atoms with Gasteiger partial charge in [-0.1, -0.05) is 12.1 Å². The van der Waals surface area contributed by atoms with Gasteiger partial charge in [0.2, 0.25) is 0 Å². The lowest BCUT2D eigenvalue weighted by Gasteiger charge is -2.32. The van der Waals surface area contributed by atoms with E-state index in [-0.39, 0.29) is 0 Å². The van der Waals surface area contributed by atoms with E-state index >= 15 is 0 Å². The second-order valence-electron chi connectivity index (χ2n) is 5.72. The third-order valence-corrected chi connectivity index (χ3v) is 4.16. The van der Waals surface area contributed by atoms with Gasteiger partial charge in [-0.15, -0.1) is 0 Å². The molecule has 0 amide bonds. The van der Waals surface area contributed by atoms with Crippen LogP contribution >= 0.6 is 0 Å². The molecule has 0 radical (unpaired) electrons. The molecule has 0 unspecified atom stereocenters. The smallest absolute Gasteiger partial charge is 0.118 e. The van der Waals surface area contributed by atoms with Gasteiger partial charge in [0.15, 0.2) is 0 Å². The number of benzene rings is 1. The van der Waals surface area contributed by atoms with Crippen LogP contribution in [0.25, 0.3) is 0 Å². The number of hydrogen-bond donors (Lipinski definition) is 1. The third kappa shape index (κ3) is 3.48. The molecule has 1 heterocycles. The molecule has 3 heteroatoms. The number of methoxy groups -OCH3 is 1. The predicted molar refractivity (Wildman–Crippen MR) is 75.6 cm³/mol.